The van der Waals surface area contributed by atoms with Crippen LogP contribution in [0.25, 0.3) is 0 Å². The van der Waals surface area contributed by atoms with Gasteiger partial charge >= 0.3 is 0 Å². The highest BCUT2D eigenvalue weighted by atomic mass is 16.3. The summed E-state index contributed by atoms with van der Waals surface area (Å²) in [7, 11) is 0. The van der Waals surface area contributed by atoms with E-state index in [-0.39, 0.29) is 18.1 Å². The van der Waals surface area contributed by atoms with Gasteiger partial charge in [0.2, 0.25) is 5.95 Å². The van der Waals surface area contributed by atoms with Crippen molar-refractivity contribution in [2.45, 2.75) is 45.1 Å². The highest BCUT2D eigenvalue weighted by molar-refractivity contribution is 5.34. The maximum absolute atomic E-state index is 9.28. The summed E-state index contributed by atoms with van der Waals surface area (Å²) in [6.45, 7) is 7.58. The van der Waals surface area contributed by atoms with Crippen molar-refractivity contribution in [3.05, 3.63) is 18.0 Å². The Morgan fingerprint density at radius 1 is 1.35 bits per heavy atom. The molecule has 4 nitrogen and oxygen atoms in total. The first kappa shape index (κ1) is 12.3. The molecule has 0 saturated carbocycles. The van der Waals surface area contributed by atoms with Crippen LogP contribution in [0, 0.1) is 0 Å². The quantitative estimate of drug-likeness (QED) is 0.848. The molecule has 94 valence electrons. The fraction of sp³-hybridized carbons (Fsp3) is 0.692. The van der Waals surface area contributed by atoms with Crippen molar-refractivity contribution < 1.29 is 5.11 Å². The van der Waals surface area contributed by atoms with Crippen molar-refractivity contribution in [3.8, 4) is 0 Å². The van der Waals surface area contributed by atoms with Gasteiger partial charge < -0.3 is 10.0 Å². The van der Waals surface area contributed by atoms with Crippen molar-refractivity contribution in [3.63, 3.8) is 0 Å². The first-order chi connectivity index (χ1) is 8.02. The van der Waals surface area contributed by atoms with Crippen LogP contribution in [-0.2, 0) is 5.41 Å². The molecule has 0 aliphatic carbocycles. The lowest BCUT2D eigenvalue weighted by Gasteiger charge is -2.24. The van der Waals surface area contributed by atoms with E-state index in [1.54, 1.807) is 0 Å². The van der Waals surface area contributed by atoms with Crippen LogP contribution in [0.2, 0.25) is 0 Å². The van der Waals surface area contributed by atoms with Crippen LogP contribution in [0.5, 0.6) is 0 Å². The number of aliphatic hydroxyl groups excluding tert-OH is 1. The predicted molar refractivity (Wildman–Crippen MR) is 68.2 cm³/mol. The third-order valence-corrected chi connectivity index (χ3v) is 3.35. The molecule has 2 heterocycles. The number of hydrogen-bond donors (Lipinski definition) is 1. The molecule has 1 aliphatic heterocycles. The highest BCUT2D eigenvalue weighted by Crippen LogP contribution is 2.24. The molecule has 0 amide bonds. The summed E-state index contributed by atoms with van der Waals surface area (Å²) in [6.07, 6.45) is 5.93. The van der Waals surface area contributed by atoms with Gasteiger partial charge in [-0.15, -0.1) is 0 Å². The Morgan fingerprint density at radius 2 is 2.00 bits per heavy atom. The van der Waals surface area contributed by atoms with E-state index < -0.39 is 0 Å². The Kier molecular flexibility index (Phi) is 3.33. The van der Waals surface area contributed by atoms with E-state index in [1.165, 1.54) is 0 Å². The van der Waals surface area contributed by atoms with Gasteiger partial charge in [0.05, 0.1) is 12.6 Å². The zero-order valence-electron chi connectivity index (χ0n) is 10.8. The Hall–Kier alpha value is -1.16. The van der Waals surface area contributed by atoms with Crippen LogP contribution in [0.4, 0.5) is 5.95 Å². The molecule has 1 fully saturated rings. The Morgan fingerprint density at radius 3 is 2.53 bits per heavy atom. The minimum Gasteiger partial charge on any atom is -0.394 e. The van der Waals surface area contributed by atoms with E-state index in [1.807, 2.05) is 12.4 Å². The second-order valence-electron chi connectivity index (χ2n) is 5.69. The molecule has 17 heavy (non-hydrogen) atoms. The van der Waals surface area contributed by atoms with Gasteiger partial charge in [0.1, 0.15) is 0 Å². The lowest BCUT2D eigenvalue weighted by Crippen LogP contribution is -2.33. The zero-order valence-corrected chi connectivity index (χ0v) is 10.8. The van der Waals surface area contributed by atoms with Gasteiger partial charge in [0.15, 0.2) is 0 Å². The largest absolute Gasteiger partial charge is 0.394 e. The summed E-state index contributed by atoms with van der Waals surface area (Å²) < 4.78 is 0. The third kappa shape index (κ3) is 2.57. The molecular formula is C13H21N3O. The molecule has 0 aromatic carbocycles. The number of anilines is 1. The van der Waals surface area contributed by atoms with E-state index in [4.69, 9.17) is 0 Å². The second kappa shape index (κ2) is 4.61. The number of hydrogen-bond acceptors (Lipinski definition) is 4. The van der Waals surface area contributed by atoms with Crippen molar-refractivity contribution in [1.29, 1.82) is 0 Å². The van der Waals surface area contributed by atoms with Crippen molar-refractivity contribution in [2.75, 3.05) is 18.1 Å². The van der Waals surface area contributed by atoms with E-state index in [9.17, 15) is 5.11 Å². The fourth-order valence-corrected chi connectivity index (χ4v) is 2.15. The summed E-state index contributed by atoms with van der Waals surface area (Å²) in [5.41, 5.74) is 1.22. The van der Waals surface area contributed by atoms with E-state index in [0.717, 1.165) is 30.9 Å². The minimum absolute atomic E-state index is 0.0833. The third-order valence-electron chi connectivity index (χ3n) is 3.35. The maximum Gasteiger partial charge on any atom is 0.225 e. The van der Waals surface area contributed by atoms with Crippen LogP contribution in [0.3, 0.4) is 0 Å². The number of aliphatic hydroxyl groups is 1. The fourth-order valence-electron chi connectivity index (χ4n) is 2.15. The average molecular weight is 235 g/mol. The van der Waals surface area contributed by atoms with Gasteiger partial charge in [-0.1, -0.05) is 20.8 Å². The molecular weight excluding hydrogens is 214 g/mol. The maximum atomic E-state index is 9.28. The number of rotatable bonds is 2. The SMILES string of the molecule is CC(C)(C)c1cnc(N2CCCC2CO)nc1. The van der Waals surface area contributed by atoms with Gasteiger partial charge in [0.25, 0.3) is 0 Å². The molecule has 1 N–H and O–H groups in total. The molecule has 1 unspecified atom stereocenters. The summed E-state index contributed by atoms with van der Waals surface area (Å²) in [6, 6.07) is 0.190. The highest BCUT2D eigenvalue weighted by Gasteiger charge is 2.26. The van der Waals surface area contributed by atoms with Crippen molar-refractivity contribution in [2.24, 2.45) is 0 Å². The zero-order chi connectivity index (χ0) is 12.5. The predicted octanol–water partition coefficient (Wildman–Crippen LogP) is 1.74. The topological polar surface area (TPSA) is 49.2 Å². The molecule has 1 saturated heterocycles. The van der Waals surface area contributed by atoms with Crippen LogP contribution in [0.15, 0.2) is 12.4 Å². The van der Waals surface area contributed by atoms with Crippen LogP contribution in [0.1, 0.15) is 39.2 Å². The van der Waals surface area contributed by atoms with Crippen molar-refractivity contribution >= 4 is 5.95 Å². The molecule has 1 aliphatic rings. The molecule has 1 aromatic heterocycles. The Bertz CT molecular complexity index is 369. The minimum atomic E-state index is 0.0833. The van der Waals surface area contributed by atoms with Crippen molar-refractivity contribution in [1.82, 2.24) is 9.97 Å². The molecule has 4 heteroatoms. The normalized spacial score (nSPS) is 20.9. The summed E-state index contributed by atoms with van der Waals surface area (Å²) in [4.78, 5) is 11.0. The molecule has 1 atom stereocenters. The smallest absolute Gasteiger partial charge is 0.225 e. The monoisotopic (exact) mass is 235 g/mol. The van der Waals surface area contributed by atoms with Crippen LogP contribution in [-0.4, -0.2) is 34.3 Å². The Balaban J connectivity index is 2.18. The van der Waals surface area contributed by atoms with Gasteiger partial charge in [-0.3, -0.25) is 0 Å². The van der Waals surface area contributed by atoms with Gasteiger partial charge in [0, 0.05) is 18.9 Å². The van der Waals surface area contributed by atoms with E-state index in [0.29, 0.717) is 0 Å². The first-order valence-corrected chi connectivity index (χ1v) is 6.22. The van der Waals surface area contributed by atoms with E-state index in [2.05, 4.69) is 35.6 Å². The molecule has 2 rings (SSSR count). The van der Waals surface area contributed by atoms with Gasteiger partial charge in [-0.25, -0.2) is 9.97 Å². The van der Waals surface area contributed by atoms with Gasteiger partial charge in [-0.05, 0) is 23.8 Å². The van der Waals surface area contributed by atoms with Gasteiger partial charge in [-0.2, -0.15) is 0 Å². The average Bonchev–Trinajstić information content (AvgIpc) is 2.76. The van der Waals surface area contributed by atoms with Crippen LogP contribution < -0.4 is 4.90 Å². The van der Waals surface area contributed by atoms with E-state index >= 15 is 0 Å². The molecule has 0 bridgehead atoms. The van der Waals surface area contributed by atoms with Crippen LogP contribution >= 0.6 is 0 Å². The Labute approximate surface area is 103 Å². The summed E-state index contributed by atoms with van der Waals surface area (Å²) >= 11 is 0. The second-order valence-corrected chi connectivity index (χ2v) is 5.69. The first-order valence-electron chi connectivity index (χ1n) is 6.22. The molecule has 0 radical (unpaired) electrons. The number of nitrogens with zero attached hydrogens (tertiary/aromatic N) is 3. The summed E-state index contributed by atoms with van der Waals surface area (Å²) in [5.74, 6) is 0.745. The summed E-state index contributed by atoms with van der Waals surface area (Å²) in [5, 5.41) is 9.28. The molecule has 0 spiro atoms. The standard InChI is InChI=1S/C13H21N3O/c1-13(2,3)10-7-14-12(15-8-10)16-6-4-5-11(16)9-17/h7-8,11,17H,4-6,9H2,1-3H3. The molecule has 1 aromatic rings. The lowest BCUT2D eigenvalue weighted by atomic mass is 9.89. The lowest BCUT2D eigenvalue weighted by molar-refractivity contribution is 0.265. The number of aromatic nitrogens is 2.